The first-order valence-electron chi connectivity index (χ1n) is 6.19. The Labute approximate surface area is 103 Å². The van der Waals surface area contributed by atoms with Gasteiger partial charge in [-0.2, -0.15) is 0 Å². The zero-order valence-electron chi connectivity index (χ0n) is 10.5. The highest BCUT2D eigenvalue weighted by Crippen LogP contribution is 2.23. The quantitative estimate of drug-likeness (QED) is 0.865. The maximum absolute atomic E-state index is 12.2. The Kier molecular flexibility index (Phi) is 3.48. The van der Waals surface area contributed by atoms with E-state index in [0.717, 1.165) is 6.42 Å². The summed E-state index contributed by atoms with van der Waals surface area (Å²) in [5, 5.41) is 0. The third-order valence-corrected chi connectivity index (χ3v) is 3.20. The van der Waals surface area contributed by atoms with E-state index in [1.165, 1.54) is 11.1 Å². The predicted molar refractivity (Wildman–Crippen MR) is 68.1 cm³/mol. The van der Waals surface area contributed by atoms with Gasteiger partial charge in [-0.15, -0.1) is 0 Å². The smallest absolute Gasteiger partial charge is 0.240 e. The van der Waals surface area contributed by atoms with Crippen molar-refractivity contribution in [3.05, 3.63) is 35.4 Å². The van der Waals surface area contributed by atoms with Crippen LogP contribution >= 0.6 is 0 Å². The Morgan fingerprint density at radius 1 is 1.29 bits per heavy atom. The number of carbonyl (C=O) groups excluding carboxylic acids is 1. The molecule has 0 bridgehead atoms. The Morgan fingerprint density at radius 2 is 1.82 bits per heavy atom. The molecule has 1 heterocycles. The van der Waals surface area contributed by atoms with Crippen LogP contribution in [0.15, 0.2) is 24.3 Å². The zero-order valence-corrected chi connectivity index (χ0v) is 10.5. The van der Waals surface area contributed by atoms with E-state index in [0.29, 0.717) is 19.0 Å². The molecular weight excluding hydrogens is 212 g/mol. The average molecular weight is 232 g/mol. The van der Waals surface area contributed by atoms with E-state index in [9.17, 15) is 4.79 Å². The van der Waals surface area contributed by atoms with E-state index < -0.39 is 0 Å². The summed E-state index contributed by atoms with van der Waals surface area (Å²) in [7, 11) is 0. The maximum Gasteiger partial charge on any atom is 0.240 e. The summed E-state index contributed by atoms with van der Waals surface area (Å²) in [5.74, 6) is 0.536. The topological polar surface area (TPSA) is 46.3 Å². The number of hydrogen-bond acceptors (Lipinski definition) is 2. The first-order chi connectivity index (χ1) is 8.08. The first kappa shape index (κ1) is 12.1. The second-order valence-electron chi connectivity index (χ2n) is 5.20. The molecule has 0 aliphatic carbocycles. The molecular formula is C14H20N2O. The largest absolute Gasteiger partial charge is 0.333 e. The Hall–Kier alpha value is -1.35. The van der Waals surface area contributed by atoms with Crippen LogP contribution in [0.1, 0.15) is 31.4 Å². The molecule has 3 heteroatoms. The summed E-state index contributed by atoms with van der Waals surface area (Å²) in [6.07, 6.45) is 0.756. The van der Waals surface area contributed by atoms with Crippen LogP contribution in [0.5, 0.6) is 0 Å². The van der Waals surface area contributed by atoms with Gasteiger partial charge in [0, 0.05) is 13.1 Å². The number of nitrogens with two attached hydrogens (primary N) is 1. The molecule has 1 aliphatic rings. The molecule has 2 rings (SSSR count). The Bertz CT molecular complexity index is 389. The molecule has 3 nitrogen and oxygen atoms in total. The second kappa shape index (κ2) is 4.88. The number of nitrogens with zero attached hydrogens (tertiary/aromatic N) is 1. The SMILES string of the molecule is CC(C)CC(N)C(=O)N1Cc2ccccc2C1. The van der Waals surface area contributed by atoms with Gasteiger partial charge >= 0.3 is 0 Å². The molecule has 1 aromatic carbocycles. The monoisotopic (exact) mass is 232 g/mol. The third-order valence-electron chi connectivity index (χ3n) is 3.20. The molecule has 0 fully saturated rings. The summed E-state index contributed by atoms with van der Waals surface area (Å²) in [4.78, 5) is 14.0. The molecule has 1 unspecified atom stereocenters. The number of amides is 1. The first-order valence-corrected chi connectivity index (χ1v) is 6.19. The minimum Gasteiger partial charge on any atom is -0.333 e. The highest BCUT2D eigenvalue weighted by atomic mass is 16.2. The van der Waals surface area contributed by atoms with Crippen LogP contribution in [0.3, 0.4) is 0 Å². The van der Waals surface area contributed by atoms with Crippen molar-refractivity contribution in [2.45, 2.75) is 39.4 Å². The lowest BCUT2D eigenvalue weighted by Gasteiger charge is -2.21. The lowest BCUT2D eigenvalue weighted by molar-refractivity contribution is -0.133. The van der Waals surface area contributed by atoms with Gasteiger partial charge in [-0.1, -0.05) is 38.1 Å². The highest BCUT2D eigenvalue weighted by molar-refractivity contribution is 5.82. The van der Waals surface area contributed by atoms with Crippen LogP contribution in [0.25, 0.3) is 0 Å². The maximum atomic E-state index is 12.2. The van der Waals surface area contributed by atoms with Gasteiger partial charge in [-0.25, -0.2) is 0 Å². The molecule has 1 aromatic rings. The van der Waals surface area contributed by atoms with Crippen LogP contribution < -0.4 is 5.73 Å². The van der Waals surface area contributed by atoms with Crippen LogP contribution in [-0.4, -0.2) is 16.8 Å². The Balaban J connectivity index is 2.01. The van der Waals surface area contributed by atoms with Crippen molar-refractivity contribution in [1.82, 2.24) is 4.90 Å². The van der Waals surface area contributed by atoms with Crippen molar-refractivity contribution in [3.8, 4) is 0 Å². The summed E-state index contributed by atoms with van der Waals surface area (Å²) in [5.41, 5.74) is 8.44. The van der Waals surface area contributed by atoms with Crippen molar-refractivity contribution < 1.29 is 4.79 Å². The van der Waals surface area contributed by atoms with E-state index in [4.69, 9.17) is 5.73 Å². The van der Waals surface area contributed by atoms with Gasteiger partial charge < -0.3 is 10.6 Å². The summed E-state index contributed by atoms with van der Waals surface area (Å²) in [6.45, 7) is 5.60. The van der Waals surface area contributed by atoms with E-state index >= 15 is 0 Å². The fourth-order valence-electron chi connectivity index (χ4n) is 2.33. The number of benzene rings is 1. The van der Waals surface area contributed by atoms with Gasteiger partial charge in [0.1, 0.15) is 0 Å². The molecule has 0 spiro atoms. The van der Waals surface area contributed by atoms with Gasteiger partial charge in [0.2, 0.25) is 5.91 Å². The summed E-state index contributed by atoms with van der Waals surface area (Å²) >= 11 is 0. The number of rotatable bonds is 3. The molecule has 1 aliphatic heterocycles. The lowest BCUT2D eigenvalue weighted by Crippen LogP contribution is -2.41. The number of fused-ring (bicyclic) bond motifs is 1. The third kappa shape index (κ3) is 2.67. The summed E-state index contributed by atoms with van der Waals surface area (Å²) < 4.78 is 0. The molecule has 0 saturated heterocycles. The average Bonchev–Trinajstić information content (AvgIpc) is 2.70. The second-order valence-corrected chi connectivity index (χ2v) is 5.20. The van der Waals surface area contributed by atoms with Crippen molar-refractivity contribution in [1.29, 1.82) is 0 Å². The highest BCUT2D eigenvalue weighted by Gasteiger charge is 2.26. The number of hydrogen-bond donors (Lipinski definition) is 1. The van der Waals surface area contributed by atoms with Crippen LogP contribution in [0.2, 0.25) is 0 Å². The number of carbonyl (C=O) groups is 1. The van der Waals surface area contributed by atoms with Crippen molar-refractivity contribution >= 4 is 5.91 Å². The molecule has 1 atom stereocenters. The predicted octanol–water partition coefficient (Wildman–Crippen LogP) is 1.90. The summed E-state index contributed by atoms with van der Waals surface area (Å²) in [6, 6.07) is 7.83. The van der Waals surface area contributed by atoms with E-state index in [1.807, 2.05) is 17.0 Å². The van der Waals surface area contributed by atoms with Crippen molar-refractivity contribution in [3.63, 3.8) is 0 Å². The fraction of sp³-hybridized carbons (Fsp3) is 0.500. The van der Waals surface area contributed by atoms with Gasteiger partial charge in [-0.3, -0.25) is 4.79 Å². The van der Waals surface area contributed by atoms with Crippen LogP contribution in [0.4, 0.5) is 0 Å². The molecule has 17 heavy (non-hydrogen) atoms. The van der Waals surface area contributed by atoms with Gasteiger partial charge in [0.05, 0.1) is 6.04 Å². The lowest BCUT2D eigenvalue weighted by atomic mass is 10.0. The Morgan fingerprint density at radius 3 is 2.29 bits per heavy atom. The molecule has 1 amide bonds. The minimum atomic E-state index is -0.357. The van der Waals surface area contributed by atoms with E-state index in [2.05, 4.69) is 26.0 Å². The van der Waals surface area contributed by atoms with E-state index in [1.54, 1.807) is 0 Å². The molecule has 2 N–H and O–H groups in total. The molecule has 0 saturated carbocycles. The van der Waals surface area contributed by atoms with Gasteiger partial charge in [0.25, 0.3) is 0 Å². The normalized spacial score (nSPS) is 16.1. The van der Waals surface area contributed by atoms with Crippen LogP contribution in [0, 0.1) is 5.92 Å². The minimum absolute atomic E-state index is 0.0786. The standard InChI is InChI=1S/C14H20N2O/c1-10(2)7-13(15)14(17)16-8-11-5-3-4-6-12(11)9-16/h3-6,10,13H,7-9,15H2,1-2H3. The van der Waals surface area contributed by atoms with Crippen molar-refractivity contribution in [2.75, 3.05) is 0 Å². The van der Waals surface area contributed by atoms with E-state index in [-0.39, 0.29) is 11.9 Å². The van der Waals surface area contributed by atoms with Gasteiger partial charge in [0.15, 0.2) is 0 Å². The molecule has 0 aromatic heterocycles. The fourth-order valence-corrected chi connectivity index (χ4v) is 2.33. The molecule has 0 radical (unpaired) electrons. The van der Waals surface area contributed by atoms with Crippen LogP contribution in [-0.2, 0) is 17.9 Å². The molecule has 92 valence electrons. The van der Waals surface area contributed by atoms with Crippen molar-refractivity contribution in [2.24, 2.45) is 11.7 Å². The van der Waals surface area contributed by atoms with Gasteiger partial charge in [-0.05, 0) is 23.5 Å². The zero-order chi connectivity index (χ0) is 12.4.